The molecule has 0 saturated carbocycles. The van der Waals surface area contributed by atoms with Gasteiger partial charge >= 0.3 is 5.97 Å². The number of carbonyl (C=O) groups is 1. The molecule has 3 heteroatoms. The molecule has 3 rings (SSSR count). The average molecular weight is 369 g/mol. The molecule has 0 heterocycles. The number of rotatable bonds is 6. The molecule has 2 atom stereocenters. The minimum absolute atomic E-state index is 0.158. The standard InChI is InChI=1S/C23H25ClO2/c1-4-6-16-7-5-8-20-19(16)13-14-21(20)22(15(2)3)23(25)26-18-11-9-17(24)10-12-18/h4-5,7-12,15,21-22H,1,6,13-14H2,2-3H3. The van der Waals surface area contributed by atoms with Crippen molar-refractivity contribution in [3.05, 3.63) is 76.8 Å². The second-order valence-corrected chi connectivity index (χ2v) is 7.70. The topological polar surface area (TPSA) is 26.3 Å². The van der Waals surface area contributed by atoms with Crippen molar-refractivity contribution in [1.82, 2.24) is 0 Å². The van der Waals surface area contributed by atoms with E-state index in [1.807, 2.05) is 6.08 Å². The van der Waals surface area contributed by atoms with Gasteiger partial charge in [-0.25, -0.2) is 0 Å². The largest absolute Gasteiger partial charge is 0.426 e. The summed E-state index contributed by atoms with van der Waals surface area (Å²) < 4.78 is 5.68. The molecule has 0 spiro atoms. The minimum Gasteiger partial charge on any atom is -0.426 e. The van der Waals surface area contributed by atoms with Crippen LogP contribution in [0.25, 0.3) is 0 Å². The Kier molecular flexibility index (Phi) is 5.83. The number of hydrogen-bond acceptors (Lipinski definition) is 2. The quantitative estimate of drug-likeness (QED) is 0.356. The van der Waals surface area contributed by atoms with Gasteiger partial charge in [-0.3, -0.25) is 4.79 Å². The van der Waals surface area contributed by atoms with Crippen LogP contribution in [-0.2, 0) is 17.6 Å². The lowest BCUT2D eigenvalue weighted by atomic mass is 9.79. The molecule has 1 aliphatic carbocycles. The van der Waals surface area contributed by atoms with Gasteiger partial charge in [-0.15, -0.1) is 6.58 Å². The Hall–Kier alpha value is -2.06. The number of esters is 1. The van der Waals surface area contributed by atoms with Crippen LogP contribution in [0.2, 0.25) is 5.02 Å². The molecule has 0 aliphatic heterocycles. The van der Waals surface area contributed by atoms with E-state index in [2.05, 4.69) is 38.6 Å². The highest BCUT2D eigenvalue weighted by Gasteiger charge is 2.38. The zero-order valence-electron chi connectivity index (χ0n) is 15.4. The van der Waals surface area contributed by atoms with E-state index in [9.17, 15) is 4.79 Å². The number of benzene rings is 2. The van der Waals surface area contributed by atoms with Gasteiger partial charge in [-0.2, -0.15) is 0 Å². The van der Waals surface area contributed by atoms with Crippen molar-refractivity contribution in [2.24, 2.45) is 11.8 Å². The monoisotopic (exact) mass is 368 g/mol. The SMILES string of the molecule is C=CCc1cccc2c1CCC2C(C(=O)Oc1ccc(Cl)cc1)C(C)C. The third-order valence-corrected chi connectivity index (χ3v) is 5.49. The molecule has 0 N–H and O–H groups in total. The molecule has 1 aliphatic rings. The Balaban J connectivity index is 1.86. The molecule has 0 radical (unpaired) electrons. The number of ether oxygens (including phenoxy) is 1. The normalized spacial score (nSPS) is 17.0. The van der Waals surface area contributed by atoms with Gasteiger partial charge in [0, 0.05) is 5.02 Å². The first-order chi connectivity index (χ1) is 12.5. The molecule has 2 aromatic carbocycles. The van der Waals surface area contributed by atoms with E-state index in [-0.39, 0.29) is 23.7 Å². The Bertz CT molecular complexity index is 792. The number of carbonyl (C=O) groups excluding carboxylic acids is 1. The molecular formula is C23H25ClO2. The molecule has 0 bridgehead atoms. The molecular weight excluding hydrogens is 344 g/mol. The summed E-state index contributed by atoms with van der Waals surface area (Å²) in [6, 6.07) is 13.4. The van der Waals surface area contributed by atoms with Crippen molar-refractivity contribution in [3.63, 3.8) is 0 Å². The van der Waals surface area contributed by atoms with Gasteiger partial charge < -0.3 is 4.74 Å². The maximum absolute atomic E-state index is 13.0. The fraction of sp³-hybridized carbons (Fsp3) is 0.348. The number of allylic oxidation sites excluding steroid dienone is 1. The molecule has 2 nitrogen and oxygen atoms in total. The lowest BCUT2D eigenvalue weighted by molar-refractivity contribution is -0.141. The summed E-state index contributed by atoms with van der Waals surface area (Å²) in [5.41, 5.74) is 4.02. The van der Waals surface area contributed by atoms with E-state index >= 15 is 0 Å². The van der Waals surface area contributed by atoms with Gasteiger partial charge in [0.2, 0.25) is 0 Å². The summed E-state index contributed by atoms with van der Waals surface area (Å²) in [6.07, 6.45) is 4.82. The summed E-state index contributed by atoms with van der Waals surface area (Å²) in [5.74, 6) is 0.632. The Morgan fingerprint density at radius 2 is 2.00 bits per heavy atom. The van der Waals surface area contributed by atoms with Crippen molar-refractivity contribution in [3.8, 4) is 5.75 Å². The van der Waals surface area contributed by atoms with Crippen LogP contribution >= 0.6 is 11.6 Å². The Morgan fingerprint density at radius 1 is 1.27 bits per heavy atom. The van der Waals surface area contributed by atoms with Gasteiger partial charge in [0.05, 0.1) is 5.92 Å². The van der Waals surface area contributed by atoms with Crippen LogP contribution in [0.5, 0.6) is 5.75 Å². The highest BCUT2D eigenvalue weighted by molar-refractivity contribution is 6.30. The predicted molar refractivity (Wildman–Crippen MR) is 107 cm³/mol. The van der Waals surface area contributed by atoms with Crippen molar-refractivity contribution in [2.75, 3.05) is 0 Å². The minimum atomic E-state index is -0.161. The summed E-state index contributed by atoms with van der Waals surface area (Å²) >= 11 is 5.91. The maximum Gasteiger partial charge on any atom is 0.315 e. The van der Waals surface area contributed by atoms with Crippen molar-refractivity contribution < 1.29 is 9.53 Å². The molecule has 0 aromatic heterocycles. The van der Waals surface area contributed by atoms with Crippen LogP contribution in [0, 0.1) is 11.8 Å². The lowest BCUT2D eigenvalue weighted by Crippen LogP contribution is -2.30. The second-order valence-electron chi connectivity index (χ2n) is 7.27. The first-order valence-corrected chi connectivity index (χ1v) is 9.58. The molecule has 136 valence electrons. The Labute approximate surface area is 160 Å². The molecule has 0 saturated heterocycles. The van der Waals surface area contributed by atoms with Gasteiger partial charge in [0.25, 0.3) is 0 Å². The van der Waals surface area contributed by atoms with Crippen LogP contribution in [-0.4, -0.2) is 5.97 Å². The van der Waals surface area contributed by atoms with Crippen LogP contribution in [0.15, 0.2) is 55.1 Å². The third kappa shape index (κ3) is 3.86. The zero-order valence-corrected chi connectivity index (χ0v) is 16.1. The molecule has 0 fully saturated rings. The average Bonchev–Trinajstić information content (AvgIpc) is 3.02. The van der Waals surface area contributed by atoms with Crippen molar-refractivity contribution in [2.45, 2.75) is 39.0 Å². The number of halogens is 1. The summed E-state index contributed by atoms with van der Waals surface area (Å²) in [6.45, 7) is 8.05. The van der Waals surface area contributed by atoms with E-state index in [1.54, 1.807) is 24.3 Å². The van der Waals surface area contributed by atoms with E-state index in [4.69, 9.17) is 16.3 Å². The lowest BCUT2D eigenvalue weighted by Gasteiger charge is -2.26. The highest BCUT2D eigenvalue weighted by atomic mass is 35.5. The number of hydrogen-bond donors (Lipinski definition) is 0. The highest BCUT2D eigenvalue weighted by Crippen LogP contribution is 2.43. The second kappa shape index (κ2) is 8.09. The molecule has 2 unspecified atom stereocenters. The Morgan fingerprint density at radius 3 is 2.65 bits per heavy atom. The summed E-state index contributed by atoms with van der Waals surface area (Å²) in [4.78, 5) is 13.0. The first-order valence-electron chi connectivity index (χ1n) is 9.20. The van der Waals surface area contributed by atoms with Gasteiger partial charge in [0.1, 0.15) is 5.75 Å². The first kappa shape index (κ1) is 18.7. The van der Waals surface area contributed by atoms with E-state index in [0.717, 1.165) is 19.3 Å². The van der Waals surface area contributed by atoms with Crippen LogP contribution in [0.1, 0.15) is 42.9 Å². The van der Waals surface area contributed by atoms with Crippen molar-refractivity contribution >= 4 is 17.6 Å². The summed E-state index contributed by atoms with van der Waals surface area (Å²) in [7, 11) is 0. The van der Waals surface area contributed by atoms with Gasteiger partial charge in [-0.05, 0) is 72.1 Å². The summed E-state index contributed by atoms with van der Waals surface area (Å²) in [5, 5.41) is 0.629. The number of fused-ring (bicyclic) bond motifs is 1. The zero-order chi connectivity index (χ0) is 18.7. The van der Waals surface area contributed by atoms with Gasteiger partial charge in [0.15, 0.2) is 0 Å². The van der Waals surface area contributed by atoms with Crippen LogP contribution in [0.3, 0.4) is 0 Å². The fourth-order valence-electron chi connectivity index (χ4n) is 4.07. The van der Waals surface area contributed by atoms with Crippen molar-refractivity contribution in [1.29, 1.82) is 0 Å². The van der Waals surface area contributed by atoms with Gasteiger partial charge in [-0.1, -0.05) is 49.7 Å². The molecule has 0 amide bonds. The predicted octanol–water partition coefficient (Wildman–Crippen LogP) is 5.98. The fourth-order valence-corrected chi connectivity index (χ4v) is 4.20. The molecule has 2 aromatic rings. The third-order valence-electron chi connectivity index (χ3n) is 5.23. The van der Waals surface area contributed by atoms with Crippen LogP contribution in [0.4, 0.5) is 0 Å². The maximum atomic E-state index is 13.0. The van der Waals surface area contributed by atoms with E-state index in [0.29, 0.717) is 10.8 Å². The van der Waals surface area contributed by atoms with Crippen LogP contribution < -0.4 is 4.74 Å². The smallest absolute Gasteiger partial charge is 0.315 e. The molecule has 26 heavy (non-hydrogen) atoms. The van der Waals surface area contributed by atoms with E-state index in [1.165, 1.54) is 16.7 Å². The van der Waals surface area contributed by atoms with E-state index < -0.39 is 0 Å².